The van der Waals surface area contributed by atoms with Gasteiger partial charge in [0.05, 0.1) is 5.52 Å². The highest BCUT2D eigenvalue weighted by atomic mass is 14.8. The summed E-state index contributed by atoms with van der Waals surface area (Å²) in [7, 11) is 0. The molecule has 84 valence electrons. The first-order valence-electron chi connectivity index (χ1n) is 5.67. The summed E-state index contributed by atoms with van der Waals surface area (Å²) in [6.45, 7) is 0. The summed E-state index contributed by atoms with van der Waals surface area (Å²) in [5.41, 5.74) is 3.46. The van der Waals surface area contributed by atoms with Crippen molar-refractivity contribution in [2.45, 2.75) is 0 Å². The quantitative estimate of drug-likeness (QED) is 0.437. The Morgan fingerprint density at radius 3 is 1.67 bits per heavy atom. The molecule has 3 aromatic heterocycles. The van der Waals surface area contributed by atoms with Gasteiger partial charge in [0.25, 0.3) is 0 Å². The van der Waals surface area contributed by atoms with Crippen LogP contribution in [0.3, 0.4) is 0 Å². The Bertz CT molecular complexity index is 665. The third-order valence-electron chi connectivity index (χ3n) is 3.05. The second kappa shape index (κ2) is 3.43. The van der Waals surface area contributed by atoms with Crippen LogP contribution in [0.25, 0.3) is 32.8 Å². The highest BCUT2D eigenvalue weighted by Gasteiger charge is 2.10. The van der Waals surface area contributed by atoms with Crippen molar-refractivity contribution in [3.63, 3.8) is 0 Å². The van der Waals surface area contributed by atoms with Crippen molar-refractivity contribution in [3.8, 4) is 0 Å². The molecular weight excluding hydrogens is 224 g/mol. The lowest BCUT2D eigenvalue weighted by Crippen LogP contribution is -1.91. The fourth-order valence-electron chi connectivity index (χ4n) is 2.30. The fourth-order valence-corrected chi connectivity index (χ4v) is 2.30. The molecule has 3 heterocycles. The Balaban J connectivity index is 2.46. The normalized spacial score (nSPS) is 11.3. The lowest BCUT2D eigenvalue weighted by molar-refractivity contribution is 1.29. The van der Waals surface area contributed by atoms with Gasteiger partial charge in [-0.15, -0.1) is 0 Å². The van der Waals surface area contributed by atoms with Crippen LogP contribution in [0.1, 0.15) is 0 Å². The van der Waals surface area contributed by atoms with Gasteiger partial charge in [-0.05, 0) is 24.3 Å². The van der Waals surface area contributed by atoms with Gasteiger partial charge in [0.15, 0.2) is 0 Å². The standard InChI is InChI=1S/C14H8N4/c1-3-10-11(15-5-1)9-4-2-6-16-12(9)14-13(10)17-7-8-18-14/h1-8H. The fraction of sp³-hybridized carbons (Fsp3) is 0. The second-order valence-corrected chi connectivity index (χ2v) is 4.05. The number of rotatable bonds is 0. The predicted octanol–water partition coefficient (Wildman–Crippen LogP) is 2.73. The largest absolute Gasteiger partial charge is 0.255 e. The van der Waals surface area contributed by atoms with Gasteiger partial charge in [0.1, 0.15) is 16.6 Å². The maximum Gasteiger partial charge on any atom is 0.116 e. The minimum atomic E-state index is 0.827. The molecule has 0 spiro atoms. The number of pyridine rings is 2. The van der Waals surface area contributed by atoms with Crippen LogP contribution in [0.4, 0.5) is 0 Å². The molecule has 0 saturated carbocycles. The molecular formula is C14H8N4. The monoisotopic (exact) mass is 232 g/mol. The lowest BCUT2D eigenvalue weighted by atomic mass is 10.1. The van der Waals surface area contributed by atoms with Gasteiger partial charge in [-0.3, -0.25) is 19.9 Å². The van der Waals surface area contributed by atoms with Crippen molar-refractivity contribution in [2.24, 2.45) is 0 Å². The van der Waals surface area contributed by atoms with Gasteiger partial charge >= 0.3 is 0 Å². The van der Waals surface area contributed by atoms with E-state index in [0.29, 0.717) is 0 Å². The number of nitrogens with zero attached hydrogens (tertiary/aromatic N) is 4. The van der Waals surface area contributed by atoms with E-state index < -0.39 is 0 Å². The summed E-state index contributed by atoms with van der Waals surface area (Å²) >= 11 is 0. The van der Waals surface area contributed by atoms with Crippen molar-refractivity contribution in [1.29, 1.82) is 0 Å². The van der Waals surface area contributed by atoms with Crippen molar-refractivity contribution in [1.82, 2.24) is 19.9 Å². The zero-order valence-corrected chi connectivity index (χ0v) is 9.41. The minimum absolute atomic E-state index is 0.827. The Hall–Kier alpha value is -2.62. The molecule has 0 aliphatic carbocycles. The molecule has 18 heavy (non-hydrogen) atoms. The first-order valence-corrected chi connectivity index (χ1v) is 5.67. The van der Waals surface area contributed by atoms with E-state index in [2.05, 4.69) is 19.9 Å². The zero-order chi connectivity index (χ0) is 11.9. The SMILES string of the molecule is c1cnc2c(c1)c1ncccc1c1nccnc21. The summed E-state index contributed by atoms with van der Waals surface area (Å²) in [6.07, 6.45) is 6.95. The van der Waals surface area contributed by atoms with E-state index in [1.807, 2.05) is 24.3 Å². The van der Waals surface area contributed by atoms with Crippen molar-refractivity contribution >= 4 is 32.8 Å². The van der Waals surface area contributed by atoms with Gasteiger partial charge in [0.2, 0.25) is 0 Å². The first kappa shape index (κ1) is 9.41. The first-order chi connectivity index (χ1) is 8.95. The maximum atomic E-state index is 4.45. The van der Waals surface area contributed by atoms with Crippen LogP contribution in [0.5, 0.6) is 0 Å². The molecule has 0 amide bonds. The molecule has 4 aromatic rings. The van der Waals surface area contributed by atoms with E-state index >= 15 is 0 Å². The van der Waals surface area contributed by atoms with Crippen molar-refractivity contribution in [2.75, 3.05) is 0 Å². The van der Waals surface area contributed by atoms with Crippen LogP contribution < -0.4 is 0 Å². The zero-order valence-electron chi connectivity index (χ0n) is 9.41. The van der Waals surface area contributed by atoms with E-state index in [0.717, 1.165) is 32.8 Å². The second-order valence-electron chi connectivity index (χ2n) is 4.05. The van der Waals surface area contributed by atoms with Gasteiger partial charge in [-0.25, -0.2) is 0 Å². The summed E-state index contributed by atoms with van der Waals surface area (Å²) < 4.78 is 0. The number of hydrogen-bond acceptors (Lipinski definition) is 4. The van der Waals surface area contributed by atoms with E-state index in [1.165, 1.54) is 0 Å². The van der Waals surface area contributed by atoms with Gasteiger partial charge in [-0.2, -0.15) is 0 Å². The molecule has 0 unspecified atom stereocenters. The molecule has 0 N–H and O–H groups in total. The Morgan fingerprint density at radius 1 is 0.500 bits per heavy atom. The summed E-state index contributed by atoms with van der Waals surface area (Å²) in [5.74, 6) is 0. The molecule has 4 nitrogen and oxygen atoms in total. The molecule has 4 heteroatoms. The maximum absolute atomic E-state index is 4.45. The van der Waals surface area contributed by atoms with E-state index in [4.69, 9.17) is 0 Å². The summed E-state index contributed by atoms with van der Waals surface area (Å²) in [6, 6.07) is 7.87. The lowest BCUT2D eigenvalue weighted by Gasteiger charge is -2.06. The predicted molar refractivity (Wildman–Crippen MR) is 70.1 cm³/mol. The topological polar surface area (TPSA) is 51.6 Å². The smallest absolute Gasteiger partial charge is 0.116 e. The average molecular weight is 232 g/mol. The highest BCUT2D eigenvalue weighted by Crippen LogP contribution is 2.29. The van der Waals surface area contributed by atoms with E-state index in [-0.39, 0.29) is 0 Å². The van der Waals surface area contributed by atoms with Crippen LogP contribution in [0.2, 0.25) is 0 Å². The number of hydrogen-bond donors (Lipinski definition) is 0. The Morgan fingerprint density at radius 2 is 1.00 bits per heavy atom. The molecule has 0 bridgehead atoms. The number of benzene rings is 1. The molecule has 4 rings (SSSR count). The molecule has 0 fully saturated rings. The molecule has 1 aromatic carbocycles. The Kier molecular flexibility index (Phi) is 1.80. The van der Waals surface area contributed by atoms with Crippen LogP contribution in [-0.2, 0) is 0 Å². The third-order valence-corrected chi connectivity index (χ3v) is 3.05. The van der Waals surface area contributed by atoms with Crippen LogP contribution in [0.15, 0.2) is 49.1 Å². The van der Waals surface area contributed by atoms with Crippen LogP contribution >= 0.6 is 0 Å². The minimum Gasteiger partial charge on any atom is -0.255 e. The van der Waals surface area contributed by atoms with Crippen LogP contribution in [0, 0.1) is 0 Å². The number of aromatic nitrogens is 4. The van der Waals surface area contributed by atoms with E-state index in [1.54, 1.807) is 24.8 Å². The van der Waals surface area contributed by atoms with E-state index in [9.17, 15) is 0 Å². The van der Waals surface area contributed by atoms with Gasteiger partial charge < -0.3 is 0 Å². The number of fused-ring (bicyclic) bond motifs is 6. The summed E-state index contributed by atoms with van der Waals surface area (Å²) in [4.78, 5) is 17.7. The van der Waals surface area contributed by atoms with Crippen molar-refractivity contribution in [3.05, 3.63) is 49.1 Å². The van der Waals surface area contributed by atoms with Crippen LogP contribution in [-0.4, -0.2) is 19.9 Å². The highest BCUT2D eigenvalue weighted by molar-refractivity contribution is 6.20. The Labute approximate surface area is 102 Å². The third kappa shape index (κ3) is 1.14. The van der Waals surface area contributed by atoms with Gasteiger partial charge in [0, 0.05) is 35.6 Å². The average Bonchev–Trinajstić information content (AvgIpc) is 2.48. The summed E-state index contributed by atoms with van der Waals surface area (Å²) in [5, 5.41) is 2.03. The molecule has 0 radical (unpaired) electrons. The molecule has 0 aliphatic rings. The van der Waals surface area contributed by atoms with Gasteiger partial charge in [-0.1, -0.05) is 0 Å². The molecule has 0 atom stereocenters. The molecule has 0 saturated heterocycles. The van der Waals surface area contributed by atoms with Crippen molar-refractivity contribution < 1.29 is 0 Å². The molecule has 0 aliphatic heterocycles.